The molecule has 0 bridgehead atoms. The van der Waals surface area contributed by atoms with Gasteiger partial charge >= 0.3 is 0 Å². The van der Waals surface area contributed by atoms with Crippen LogP contribution < -0.4 is 5.32 Å². The number of aromatic nitrogens is 2. The van der Waals surface area contributed by atoms with Gasteiger partial charge in [0.1, 0.15) is 11.3 Å². The number of aryl methyl sites for hydroxylation is 2. The minimum absolute atomic E-state index is 0.704. The summed E-state index contributed by atoms with van der Waals surface area (Å²) in [5.41, 5.74) is 4.09. The summed E-state index contributed by atoms with van der Waals surface area (Å²) in [5, 5.41) is 4.62. The molecule has 0 atom stereocenters. The highest BCUT2D eigenvalue weighted by Gasteiger charge is 2.11. The van der Waals surface area contributed by atoms with E-state index in [0.29, 0.717) is 6.54 Å². The van der Waals surface area contributed by atoms with Crippen molar-refractivity contribution >= 4 is 11.0 Å². The molecule has 0 amide bonds. The van der Waals surface area contributed by atoms with E-state index in [0.717, 1.165) is 35.7 Å². The Morgan fingerprint density at radius 1 is 1.10 bits per heavy atom. The maximum atomic E-state index is 5.90. The molecule has 0 aliphatic heterocycles. The number of nitrogens with one attached hydrogen (secondary N) is 1. The fourth-order valence-electron chi connectivity index (χ4n) is 2.46. The minimum Gasteiger partial charge on any atom is -0.461 e. The first kappa shape index (κ1) is 13.8. The topological polar surface area (TPSA) is 51.0 Å². The average Bonchev–Trinajstić information content (AvgIpc) is 2.87. The highest BCUT2D eigenvalue weighted by molar-refractivity contribution is 5.82. The second-order valence-electron chi connectivity index (χ2n) is 5.11. The van der Waals surface area contributed by atoms with Gasteiger partial charge in [-0.2, -0.15) is 0 Å². The van der Waals surface area contributed by atoms with Gasteiger partial charge in [0, 0.05) is 42.9 Å². The molecular weight excluding hydrogens is 262 g/mol. The van der Waals surface area contributed by atoms with Gasteiger partial charge in [-0.15, -0.1) is 0 Å². The summed E-state index contributed by atoms with van der Waals surface area (Å²) in [6.45, 7) is 5.54. The third-order valence-corrected chi connectivity index (χ3v) is 3.55. The van der Waals surface area contributed by atoms with Crippen molar-refractivity contribution in [2.45, 2.75) is 33.4 Å². The summed E-state index contributed by atoms with van der Waals surface area (Å²) < 4.78 is 5.90. The molecule has 0 aliphatic carbocycles. The molecule has 0 aliphatic rings. The van der Waals surface area contributed by atoms with Crippen LogP contribution in [0.4, 0.5) is 0 Å². The molecule has 0 unspecified atom stereocenters. The second-order valence-corrected chi connectivity index (χ2v) is 5.11. The van der Waals surface area contributed by atoms with E-state index in [9.17, 15) is 0 Å². The van der Waals surface area contributed by atoms with Crippen molar-refractivity contribution in [2.24, 2.45) is 0 Å². The molecular formula is C17H19N3O. The average molecular weight is 281 g/mol. The van der Waals surface area contributed by atoms with Crippen molar-refractivity contribution in [1.82, 2.24) is 15.3 Å². The van der Waals surface area contributed by atoms with Gasteiger partial charge in [0.05, 0.1) is 11.4 Å². The lowest BCUT2D eigenvalue weighted by Crippen LogP contribution is -2.14. The molecule has 3 aromatic rings. The number of para-hydroxylation sites is 1. The lowest BCUT2D eigenvalue weighted by molar-refractivity contribution is 0.543. The van der Waals surface area contributed by atoms with Crippen LogP contribution in [-0.4, -0.2) is 9.97 Å². The number of benzene rings is 1. The number of hydrogen-bond donors (Lipinski definition) is 1. The van der Waals surface area contributed by atoms with Crippen molar-refractivity contribution in [1.29, 1.82) is 0 Å². The molecule has 21 heavy (non-hydrogen) atoms. The van der Waals surface area contributed by atoms with Crippen molar-refractivity contribution in [2.75, 3.05) is 0 Å². The van der Waals surface area contributed by atoms with Crippen LogP contribution in [0, 0.1) is 6.92 Å². The number of rotatable bonds is 5. The quantitative estimate of drug-likeness (QED) is 0.779. The Hall–Kier alpha value is -2.20. The van der Waals surface area contributed by atoms with Gasteiger partial charge in [-0.1, -0.05) is 25.1 Å². The first-order valence-corrected chi connectivity index (χ1v) is 7.25. The molecule has 3 rings (SSSR count). The second kappa shape index (κ2) is 6.06. The van der Waals surface area contributed by atoms with E-state index in [-0.39, 0.29) is 0 Å². The van der Waals surface area contributed by atoms with E-state index < -0.39 is 0 Å². The Morgan fingerprint density at radius 2 is 1.95 bits per heavy atom. The fraction of sp³-hybridized carbons (Fsp3) is 0.294. The maximum Gasteiger partial charge on any atom is 0.134 e. The Labute approximate surface area is 124 Å². The zero-order valence-electron chi connectivity index (χ0n) is 12.4. The molecule has 4 nitrogen and oxygen atoms in total. The van der Waals surface area contributed by atoms with Gasteiger partial charge in [-0.05, 0) is 13.0 Å². The van der Waals surface area contributed by atoms with Crippen LogP contribution in [0.15, 0.2) is 41.1 Å². The van der Waals surface area contributed by atoms with E-state index in [2.05, 4.69) is 28.3 Å². The Kier molecular flexibility index (Phi) is 3.97. The molecule has 1 aromatic carbocycles. The molecule has 108 valence electrons. The maximum absolute atomic E-state index is 5.90. The van der Waals surface area contributed by atoms with Crippen LogP contribution >= 0.6 is 0 Å². The molecule has 2 aromatic heterocycles. The zero-order chi connectivity index (χ0) is 14.7. The SMILES string of the molecule is CCc1oc2ccccc2c1CNCc1cnc(C)cn1. The van der Waals surface area contributed by atoms with E-state index in [4.69, 9.17) is 4.42 Å². The van der Waals surface area contributed by atoms with Gasteiger partial charge in [0.15, 0.2) is 0 Å². The van der Waals surface area contributed by atoms with Crippen LogP contribution in [0.25, 0.3) is 11.0 Å². The summed E-state index contributed by atoms with van der Waals surface area (Å²) >= 11 is 0. The molecule has 0 radical (unpaired) electrons. The Morgan fingerprint density at radius 3 is 2.71 bits per heavy atom. The van der Waals surface area contributed by atoms with Crippen molar-refractivity contribution in [3.8, 4) is 0 Å². The van der Waals surface area contributed by atoms with Crippen molar-refractivity contribution in [3.63, 3.8) is 0 Å². The number of fused-ring (bicyclic) bond motifs is 1. The zero-order valence-corrected chi connectivity index (χ0v) is 12.4. The van der Waals surface area contributed by atoms with Crippen LogP contribution in [0.3, 0.4) is 0 Å². The summed E-state index contributed by atoms with van der Waals surface area (Å²) in [5.74, 6) is 1.05. The third kappa shape index (κ3) is 2.95. The van der Waals surface area contributed by atoms with E-state index in [1.165, 1.54) is 10.9 Å². The van der Waals surface area contributed by atoms with E-state index >= 15 is 0 Å². The minimum atomic E-state index is 0.704. The third-order valence-electron chi connectivity index (χ3n) is 3.55. The van der Waals surface area contributed by atoms with Gasteiger partial charge in [0.2, 0.25) is 0 Å². The number of furan rings is 1. The van der Waals surface area contributed by atoms with Crippen molar-refractivity contribution < 1.29 is 4.42 Å². The van der Waals surface area contributed by atoms with Gasteiger partial charge < -0.3 is 9.73 Å². The van der Waals surface area contributed by atoms with Gasteiger partial charge in [-0.25, -0.2) is 0 Å². The normalized spacial score (nSPS) is 11.1. The van der Waals surface area contributed by atoms with Crippen molar-refractivity contribution in [3.05, 3.63) is 59.4 Å². The lowest BCUT2D eigenvalue weighted by Gasteiger charge is -2.05. The summed E-state index contributed by atoms with van der Waals surface area (Å²) in [6.07, 6.45) is 4.51. The Bertz CT molecular complexity index is 731. The van der Waals surface area contributed by atoms with Crippen LogP contribution in [0.5, 0.6) is 0 Å². The first-order valence-electron chi connectivity index (χ1n) is 7.25. The first-order chi connectivity index (χ1) is 10.3. The predicted molar refractivity (Wildman–Crippen MR) is 82.9 cm³/mol. The summed E-state index contributed by atoms with van der Waals surface area (Å²) in [6, 6.07) is 8.18. The fourth-order valence-corrected chi connectivity index (χ4v) is 2.46. The van der Waals surface area contributed by atoms with Gasteiger partial charge in [-0.3, -0.25) is 9.97 Å². The summed E-state index contributed by atoms with van der Waals surface area (Å²) in [4.78, 5) is 8.61. The number of nitrogens with zero attached hydrogens (tertiary/aromatic N) is 2. The molecule has 0 saturated heterocycles. The largest absolute Gasteiger partial charge is 0.461 e. The molecule has 0 spiro atoms. The van der Waals surface area contributed by atoms with Crippen LogP contribution in [0.1, 0.15) is 29.6 Å². The lowest BCUT2D eigenvalue weighted by atomic mass is 10.1. The highest BCUT2D eigenvalue weighted by Crippen LogP contribution is 2.26. The summed E-state index contributed by atoms with van der Waals surface area (Å²) in [7, 11) is 0. The molecule has 2 heterocycles. The molecule has 1 N–H and O–H groups in total. The Balaban J connectivity index is 1.74. The highest BCUT2D eigenvalue weighted by atomic mass is 16.3. The molecule has 0 saturated carbocycles. The van der Waals surface area contributed by atoms with Gasteiger partial charge in [0.25, 0.3) is 0 Å². The van der Waals surface area contributed by atoms with Crippen LogP contribution in [0.2, 0.25) is 0 Å². The molecule has 4 heteroatoms. The predicted octanol–water partition coefficient (Wildman–Crippen LogP) is 3.38. The smallest absolute Gasteiger partial charge is 0.134 e. The standard InChI is InChI=1S/C17H19N3O/c1-3-16-15(14-6-4-5-7-17(14)21-16)11-18-9-13-10-19-12(2)8-20-13/h4-8,10,18H,3,9,11H2,1-2H3. The van der Waals surface area contributed by atoms with Crippen LogP contribution in [-0.2, 0) is 19.5 Å². The van der Waals surface area contributed by atoms with E-state index in [1.807, 2.05) is 31.3 Å². The monoisotopic (exact) mass is 281 g/mol. The number of hydrogen-bond acceptors (Lipinski definition) is 4. The molecule has 0 fully saturated rings. The van der Waals surface area contributed by atoms with E-state index in [1.54, 1.807) is 6.20 Å².